The maximum Gasteiger partial charge on any atom is 0.112 e. The Morgan fingerprint density at radius 1 is 1.46 bits per heavy atom. The van der Waals surface area contributed by atoms with Gasteiger partial charge in [0.05, 0.1) is 5.60 Å². The molecule has 0 radical (unpaired) electrons. The first-order valence-corrected chi connectivity index (χ1v) is 6.32. The van der Waals surface area contributed by atoms with Crippen LogP contribution in [-0.4, -0.2) is 29.9 Å². The van der Waals surface area contributed by atoms with Crippen molar-refractivity contribution in [3.63, 3.8) is 0 Å². The Balaban J connectivity index is 1.87. The summed E-state index contributed by atoms with van der Waals surface area (Å²) in [5.74, 6) is 3.35. The van der Waals surface area contributed by atoms with E-state index in [4.69, 9.17) is 4.74 Å². The molecule has 0 aromatic rings. The van der Waals surface area contributed by atoms with E-state index in [2.05, 4.69) is 30.9 Å². The van der Waals surface area contributed by atoms with Gasteiger partial charge in [0.1, 0.15) is 6.23 Å². The van der Waals surface area contributed by atoms with E-state index in [-0.39, 0.29) is 5.60 Å². The highest BCUT2D eigenvalue weighted by Crippen LogP contribution is 2.30. The van der Waals surface area contributed by atoms with Gasteiger partial charge in [0, 0.05) is 12.5 Å². The van der Waals surface area contributed by atoms with E-state index >= 15 is 0 Å². The molecule has 13 heavy (non-hydrogen) atoms. The van der Waals surface area contributed by atoms with Crippen molar-refractivity contribution in [2.45, 2.75) is 38.5 Å². The molecule has 2 saturated heterocycles. The molecule has 2 heterocycles. The van der Waals surface area contributed by atoms with E-state index in [1.54, 1.807) is 0 Å². The molecule has 0 spiro atoms. The molecule has 2 fully saturated rings. The molecule has 0 amide bonds. The first-order chi connectivity index (χ1) is 6.17. The van der Waals surface area contributed by atoms with Crippen molar-refractivity contribution in [2.75, 3.05) is 18.1 Å². The summed E-state index contributed by atoms with van der Waals surface area (Å²) in [6.45, 7) is 5.32. The Bertz CT molecular complexity index is 178. The molecule has 76 valence electrons. The van der Waals surface area contributed by atoms with Crippen molar-refractivity contribution in [3.8, 4) is 0 Å². The average Bonchev–Trinajstić information content (AvgIpc) is 2.48. The van der Waals surface area contributed by atoms with Gasteiger partial charge in [-0.1, -0.05) is 0 Å². The lowest BCUT2D eigenvalue weighted by Gasteiger charge is -2.28. The van der Waals surface area contributed by atoms with Crippen molar-refractivity contribution in [1.29, 1.82) is 0 Å². The first kappa shape index (κ1) is 9.81. The van der Waals surface area contributed by atoms with Gasteiger partial charge >= 0.3 is 0 Å². The Labute approximate surface area is 84.8 Å². The standard InChI is InChI=1S/C10H19NOS/c1-10(2)7-11-9(12-10)8-4-3-5-13-6-8/h8-9,11H,3-7H2,1-2H3. The molecule has 0 bridgehead atoms. The summed E-state index contributed by atoms with van der Waals surface area (Å²) in [6.07, 6.45) is 3.01. The summed E-state index contributed by atoms with van der Waals surface area (Å²) in [5.41, 5.74) is 0.0484. The molecule has 0 aliphatic carbocycles. The zero-order chi connectivity index (χ0) is 9.31. The van der Waals surface area contributed by atoms with Crippen LogP contribution in [0.15, 0.2) is 0 Å². The molecule has 0 aromatic carbocycles. The molecule has 2 atom stereocenters. The van der Waals surface area contributed by atoms with Crippen LogP contribution >= 0.6 is 11.8 Å². The van der Waals surface area contributed by atoms with Crippen molar-refractivity contribution in [1.82, 2.24) is 5.32 Å². The third-order valence-electron chi connectivity index (χ3n) is 2.80. The van der Waals surface area contributed by atoms with Gasteiger partial charge in [-0.15, -0.1) is 0 Å². The molecule has 2 unspecified atom stereocenters. The number of hydrogen-bond donors (Lipinski definition) is 1. The van der Waals surface area contributed by atoms with Gasteiger partial charge in [-0.05, 0) is 38.2 Å². The second-order valence-corrected chi connectivity index (χ2v) is 5.81. The van der Waals surface area contributed by atoms with Gasteiger partial charge in [-0.2, -0.15) is 11.8 Å². The van der Waals surface area contributed by atoms with Gasteiger partial charge in [0.15, 0.2) is 0 Å². The average molecular weight is 201 g/mol. The first-order valence-electron chi connectivity index (χ1n) is 5.16. The number of rotatable bonds is 1. The van der Waals surface area contributed by atoms with E-state index in [0.29, 0.717) is 6.23 Å². The molecule has 0 saturated carbocycles. The van der Waals surface area contributed by atoms with Gasteiger partial charge in [0.2, 0.25) is 0 Å². The van der Waals surface area contributed by atoms with Crippen LogP contribution in [0.4, 0.5) is 0 Å². The topological polar surface area (TPSA) is 21.3 Å². The maximum absolute atomic E-state index is 5.96. The number of nitrogens with one attached hydrogen (secondary N) is 1. The van der Waals surface area contributed by atoms with Gasteiger partial charge in [0.25, 0.3) is 0 Å². The monoisotopic (exact) mass is 201 g/mol. The van der Waals surface area contributed by atoms with Crippen LogP contribution in [0.2, 0.25) is 0 Å². The smallest absolute Gasteiger partial charge is 0.112 e. The summed E-state index contributed by atoms with van der Waals surface area (Å²) < 4.78 is 5.96. The lowest BCUT2D eigenvalue weighted by Crippen LogP contribution is -2.34. The number of thioether (sulfide) groups is 1. The Hall–Kier alpha value is 0.270. The highest BCUT2D eigenvalue weighted by Gasteiger charge is 2.36. The van der Waals surface area contributed by atoms with Crippen LogP contribution in [0.25, 0.3) is 0 Å². The molecule has 2 rings (SSSR count). The normalized spacial score (nSPS) is 39.2. The van der Waals surface area contributed by atoms with E-state index in [0.717, 1.165) is 12.5 Å². The van der Waals surface area contributed by atoms with Crippen LogP contribution in [0, 0.1) is 5.92 Å². The third-order valence-corrected chi connectivity index (χ3v) is 4.04. The van der Waals surface area contributed by atoms with Crippen molar-refractivity contribution < 1.29 is 4.74 Å². The third kappa shape index (κ3) is 2.39. The predicted molar refractivity (Wildman–Crippen MR) is 57.0 cm³/mol. The highest BCUT2D eigenvalue weighted by atomic mass is 32.2. The minimum Gasteiger partial charge on any atom is -0.356 e. The fourth-order valence-electron chi connectivity index (χ4n) is 2.04. The lowest BCUT2D eigenvalue weighted by atomic mass is 10.0. The summed E-state index contributed by atoms with van der Waals surface area (Å²) in [5, 5.41) is 3.48. The minimum atomic E-state index is 0.0484. The summed E-state index contributed by atoms with van der Waals surface area (Å²) >= 11 is 2.07. The zero-order valence-corrected chi connectivity index (χ0v) is 9.32. The molecular weight excluding hydrogens is 182 g/mol. The highest BCUT2D eigenvalue weighted by molar-refractivity contribution is 7.99. The van der Waals surface area contributed by atoms with Crippen molar-refractivity contribution in [3.05, 3.63) is 0 Å². The van der Waals surface area contributed by atoms with Crippen LogP contribution in [0.3, 0.4) is 0 Å². The summed E-state index contributed by atoms with van der Waals surface area (Å²) in [6, 6.07) is 0. The van der Waals surface area contributed by atoms with Crippen LogP contribution in [0.5, 0.6) is 0 Å². The predicted octanol–water partition coefficient (Wildman–Crippen LogP) is 1.85. The van der Waals surface area contributed by atoms with Gasteiger partial charge in [-0.3, -0.25) is 5.32 Å². The molecule has 2 aliphatic heterocycles. The van der Waals surface area contributed by atoms with E-state index in [1.165, 1.54) is 24.3 Å². The van der Waals surface area contributed by atoms with Crippen molar-refractivity contribution >= 4 is 11.8 Å². The molecule has 3 heteroatoms. The molecule has 2 nitrogen and oxygen atoms in total. The Kier molecular flexibility index (Phi) is 2.86. The minimum absolute atomic E-state index is 0.0484. The molecule has 2 aliphatic rings. The lowest BCUT2D eigenvalue weighted by molar-refractivity contribution is -0.0393. The number of ether oxygens (including phenoxy) is 1. The summed E-state index contributed by atoms with van der Waals surface area (Å²) in [7, 11) is 0. The van der Waals surface area contributed by atoms with E-state index in [9.17, 15) is 0 Å². The fourth-order valence-corrected chi connectivity index (χ4v) is 3.22. The Morgan fingerprint density at radius 2 is 2.31 bits per heavy atom. The van der Waals surface area contributed by atoms with Gasteiger partial charge < -0.3 is 4.74 Å². The number of hydrogen-bond acceptors (Lipinski definition) is 3. The molecular formula is C10H19NOS. The van der Waals surface area contributed by atoms with E-state index < -0.39 is 0 Å². The van der Waals surface area contributed by atoms with Crippen LogP contribution < -0.4 is 5.32 Å². The van der Waals surface area contributed by atoms with Crippen LogP contribution in [-0.2, 0) is 4.74 Å². The quantitative estimate of drug-likeness (QED) is 0.699. The summed E-state index contributed by atoms with van der Waals surface area (Å²) in [4.78, 5) is 0. The van der Waals surface area contributed by atoms with E-state index in [1.807, 2.05) is 0 Å². The largest absolute Gasteiger partial charge is 0.356 e. The molecule has 0 aromatic heterocycles. The second kappa shape index (κ2) is 3.79. The Morgan fingerprint density at radius 3 is 2.85 bits per heavy atom. The van der Waals surface area contributed by atoms with Gasteiger partial charge in [-0.25, -0.2) is 0 Å². The second-order valence-electron chi connectivity index (χ2n) is 4.66. The zero-order valence-electron chi connectivity index (χ0n) is 8.51. The fraction of sp³-hybridized carbons (Fsp3) is 1.00. The SMILES string of the molecule is CC1(C)CNC(C2CCCSC2)O1. The maximum atomic E-state index is 5.96. The van der Waals surface area contributed by atoms with Crippen molar-refractivity contribution in [2.24, 2.45) is 5.92 Å². The molecule has 1 N–H and O–H groups in total. The van der Waals surface area contributed by atoms with Crippen LogP contribution in [0.1, 0.15) is 26.7 Å².